The van der Waals surface area contributed by atoms with Crippen molar-refractivity contribution in [2.75, 3.05) is 38.0 Å². The van der Waals surface area contributed by atoms with Gasteiger partial charge in [0.15, 0.2) is 5.78 Å². The van der Waals surface area contributed by atoms with Crippen LogP contribution in [0.15, 0.2) is 24.3 Å². The fraction of sp³-hybridized carbons (Fsp3) is 0.571. The van der Waals surface area contributed by atoms with Crippen molar-refractivity contribution in [2.45, 2.75) is 39.0 Å². The highest BCUT2D eigenvalue weighted by molar-refractivity contribution is 6.04. The van der Waals surface area contributed by atoms with Crippen LogP contribution in [0.2, 0.25) is 0 Å². The minimum Gasteiger partial charge on any atom is -0.340 e. The number of hydrogen-bond acceptors (Lipinski definition) is 4. The van der Waals surface area contributed by atoms with Crippen molar-refractivity contribution in [2.24, 2.45) is 5.92 Å². The van der Waals surface area contributed by atoms with Gasteiger partial charge in [0.1, 0.15) is 0 Å². The van der Waals surface area contributed by atoms with Gasteiger partial charge in [-0.3, -0.25) is 19.3 Å². The molecule has 2 amide bonds. The Labute approximate surface area is 160 Å². The molecule has 1 heterocycles. The van der Waals surface area contributed by atoms with Gasteiger partial charge >= 0.3 is 0 Å². The first-order valence-corrected chi connectivity index (χ1v) is 9.93. The fourth-order valence-electron chi connectivity index (χ4n) is 4.04. The second-order valence-electron chi connectivity index (χ2n) is 7.66. The molecule has 1 aliphatic carbocycles. The fourth-order valence-corrected chi connectivity index (χ4v) is 4.04. The molecule has 0 unspecified atom stereocenters. The SMILES string of the molecule is CC(=O)c1ccccc1NC(=O)CN1CCN(C(=O)CC2CCCC2)CC1. The smallest absolute Gasteiger partial charge is 0.238 e. The van der Waals surface area contributed by atoms with Crippen LogP contribution in [0.3, 0.4) is 0 Å². The summed E-state index contributed by atoms with van der Waals surface area (Å²) in [6, 6.07) is 7.05. The van der Waals surface area contributed by atoms with Gasteiger partial charge in [-0.25, -0.2) is 0 Å². The number of rotatable bonds is 6. The number of nitrogens with one attached hydrogen (secondary N) is 1. The van der Waals surface area contributed by atoms with Crippen molar-refractivity contribution in [3.05, 3.63) is 29.8 Å². The number of carbonyl (C=O) groups is 3. The van der Waals surface area contributed by atoms with Crippen molar-refractivity contribution in [3.63, 3.8) is 0 Å². The standard InChI is InChI=1S/C21H29N3O3/c1-16(25)18-8-4-5-9-19(18)22-20(26)15-23-10-12-24(13-11-23)21(27)14-17-6-2-3-7-17/h4-5,8-9,17H,2-3,6-7,10-15H2,1H3,(H,22,26). The summed E-state index contributed by atoms with van der Waals surface area (Å²) in [6.07, 6.45) is 5.57. The van der Waals surface area contributed by atoms with Gasteiger partial charge in [0, 0.05) is 38.2 Å². The molecule has 27 heavy (non-hydrogen) atoms. The van der Waals surface area contributed by atoms with Crippen molar-refractivity contribution < 1.29 is 14.4 Å². The Balaban J connectivity index is 1.44. The van der Waals surface area contributed by atoms with Gasteiger partial charge in [-0.05, 0) is 37.8 Å². The number of nitrogens with zero attached hydrogens (tertiary/aromatic N) is 2. The lowest BCUT2D eigenvalue weighted by Gasteiger charge is -2.34. The third-order valence-electron chi connectivity index (χ3n) is 5.61. The maximum atomic E-state index is 12.4. The molecule has 3 rings (SSSR count). The van der Waals surface area contributed by atoms with Crippen LogP contribution < -0.4 is 5.32 Å². The Hall–Kier alpha value is -2.21. The molecule has 0 radical (unpaired) electrons. The minimum absolute atomic E-state index is 0.0692. The number of ketones is 1. The van der Waals surface area contributed by atoms with Gasteiger partial charge < -0.3 is 10.2 Å². The molecule has 2 aliphatic rings. The van der Waals surface area contributed by atoms with Crippen molar-refractivity contribution in [1.82, 2.24) is 9.80 Å². The van der Waals surface area contributed by atoms with E-state index in [4.69, 9.17) is 0 Å². The van der Waals surface area contributed by atoms with Crippen LogP contribution in [0.25, 0.3) is 0 Å². The summed E-state index contributed by atoms with van der Waals surface area (Å²) < 4.78 is 0. The average Bonchev–Trinajstić information content (AvgIpc) is 3.15. The summed E-state index contributed by atoms with van der Waals surface area (Å²) in [7, 11) is 0. The van der Waals surface area contributed by atoms with E-state index in [1.807, 2.05) is 4.90 Å². The summed E-state index contributed by atoms with van der Waals surface area (Å²) in [4.78, 5) is 40.4. The zero-order chi connectivity index (χ0) is 19.2. The van der Waals surface area contributed by atoms with Gasteiger partial charge in [-0.2, -0.15) is 0 Å². The first-order valence-electron chi connectivity index (χ1n) is 9.93. The number of amides is 2. The summed E-state index contributed by atoms with van der Waals surface area (Å²) in [6.45, 7) is 4.55. The topological polar surface area (TPSA) is 69.7 Å². The first-order chi connectivity index (χ1) is 13.0. The third-order valence-corrected chi connectivity index (χ3v) is 5.61. The van der Waals surface area contributed by atoms with Crippen LogP contribution >= 0.6 is 0 Å². The van der Waals surface area contributed by atoms with Gasteiger partial charge in [-0.15, -0.1) is 0 Å². The van der Waals surface area contributed by atoms with E-state index in [2.05, 4.69) is 10.2 Å². The Kier molecular flexibility index (Phi) is 6.61. The van der Waals surface area contributed by atoms with E-state index in [1.54, 1.807) is 24.3 Å². The largest absolute Gasteiger partial charge is 0.340 e. The molecule has 146 valence electrons. The number of para-hydroxylation sites is 1. The predicted molar refractivity (Wildman–Crippen MR) is 105 cm³/mol. The van der Waals surface area contributed by atoms with Crippen LogP contribution in [0, 0.1) is 5.92 Å². The Morgan fingerprint density at radius 1 is 1.04 bits per heavy atom. The molecule has 1 N–H and O–H groups in total. The molecular weight excluding hydrogens is 342 g/mol. The van der Waals surface area contributed by atoms with Crippen LogP contribution in [0.5, 0.6) is 0 Å². The molecule has 0 aromatic heterocycles. The van der Waals surface area contributed by atoms with E-state index in [-0.39, 0.29) is 24.1 Å². The molecule has 1 aliphatic heterocycles. The zero-order valence-corrected chi connectivity index (χ0v) is 16.1. The number of carbonyl (C=O) groups excluding carboxylic acids is 3. The van der Waals surface area contributed by atoms with Crippen LogP contribution in [-0.4, -0.2) is 60.1 Å². The number of piperazine rings is 1. The molecule has 0 spiro atoms. The summed E-state index contributed by atoms with van der Waals surface area (Å²) in [5, 5.41) is 2.84. The summed E-state index contributed by atoms with van der Waals surface area (Å²) in [5.74, 6) is 0.638. The Bertz CT molecular complexity index is 690. The number of Topliss-reactive ketones (excluding diaryl/α,β-unsaturated/α-hetero) is 1. The van der Waals surface area contributed by atoms with Gasteiger partial charge in [-0.1, -0.05) is 25.0 Å². The van der Waals surface area contributed by atoms with E-state index < -0.39 is 0 Å². The molecule has 0 atom stereocenters. The lowest BCUT2D eigenvalue weighted by atomic mass is 10.0. The molecule has 1 saturated heterocycles. The second-order valence-corrected chi connectivity index (χ2v) is 7.66. The normalized spacial score (nSPS) is 18.5. The lowest BCUT2D eigenvalue weighted by Crippen LogP contribution is -2.50. The number of hydrogen-bond donors (Lipinski definition) is 1. The second kappa shape index (κ2) is 9.13. The summed E-state index contributed by atoms with van der Waals surface area (Å²) >= 11 is 0. The van der Waals surface area contributed by atoms with Gasteiger partial charge in [0.05, 0.1) is 12.2 Å². The molecule has 2 fully saturated rings. The predicted octanol–water partition coefficient (Wildman–Crippen LogP) is 2.55. The molecule has 1 aromatic rings. The molecule has 1 aromatic carbocycles. The minimum atomic E-state index is -0.130. The van der Waals surface area contributed by atoms with E-state index >= 15 is 0 Å². The summed E-state index contributed by atoms with van der Waals surface area (Å²) in [5.41, 5.74) is 1.08. The van der Waals surface area contributed by atoms with Gasteiger partial charge in [0.2, 0.25) is 11.8 Å². The molecule has 1 saturated carbocycles. The van der Waals surface area contributed by atoms with Crippen molar-refractivity contribution in [1.29, 1.82) is 0 Å². The number of anilines is 1. The average molecular weight is 371 g/mol. The van der Waals surface area contributed by atoms with E-state index in [1.165, 1.54) is 32.6 Å². The van der Waals surface area contributed by atoms with E-state index in [9.17, 15) is 14.4 Å². The van der Waals surface area contributed by atoms with E-state index in [0.29, 0.717) is 49.8 Å². The molecule has 0 bridgehead atoms. The van der Waals surface area contributed by atoms with Crippen molar-refractivity contribution in [3.8, 4) is 0 Å². The van der Waals surface area contributed by atoms with Crippen molar-refractivity contribution >= 4 is 23.3 Å². The monoisotopic (exact) mass is 371 g/mol. The van der Waals surface area contributed by atoms with Gasteiger partial charge in [0.25, 0.3) is 0 Å². The maximum Gasteiger partial charge on any atom is 0.238 e. The Morgan fingerprint density at radius 3 is 2.37 bits per heavy atom. The first kappa shape index (κ1) is 19.5. The molecule has 6 heteroatoms. The number of benzene rings is 1. The maximum absolute atomic E-state index is 12.4. The van der Waals surface area contributed by atoms with Crippen LogP contribution in [0.1, 0.15) is 49.4 Å². The van der Waals surface area contributed by atoms with Crippen LogP contribution in [-0.2, 0) is 9.59 Å². The highest BCUT2D eigenvalue weighted by Crippen LogP contribution is 2.28. The van der Waals surface area contributed by atoms with E-state index in [0.717, 1.165) is 0 Å². The molecule has 6 nitrogen and oxygen atoms in total. The highest BCUT2D eigenvalue weighted by Gasteiger charge is 2.25. The lowest BCUT2D eigenvalue weighted by molar-refractivity contribution is -0.134. The zero-order valence-electron chi connectivity index (χ0n) is 16.1. The molecular formula is C21H29N3O3. The highest BCUT2D eigenvalue weighted by atomic mass is 16.2. The third kappa shape index (κ3) is 5.39. The Morgan fingerprint density at radius 2 is 1.70 bits per heavy atom. The quantitative estimate of drug-likeness (QED) is 0.780. The van der Waals surface area contributed by atoms with Crippen LogP contribution in [0.4, 0.5) is 5.69 Å².